The molecule has 0 saturated heterocycles. The van der Waals surface area contributed by atoms with Crippen LogP contribution in [0.3, 0.4) is 0 Å². The zero-order valence-electron chi connectivity index (χ0n) is 15.1. The Morgan fingerprint density at radius 1 is 0.964 bits per heavy atom. The average Bonchev–Trinajstić information content (AvgIpc) is 2.74. The number of carbonyl (C=O) groups excluding carboxylic acids is 1. The molecule has 3 aromatic carbocycles. The summed E-state index contributed by atoms with van der Waals surface area (Å²) in [5.74, 6) is 0.605. The standard InChI is InChI=1S/C23H17BrN2O2/c1-28-18-12-6-15(7-13-18)22-14-20(19-4-2-3-5-21(19)26-22)23(27)25-17-10-8-16(24)9-11-17/h2-14H,1H3,(H,25,27). The molecule has 0 spiro atoms. The Morgan fingerprint density at radius 2 is 1.68 bits per heavy atom. The van der Waals surface area contributed by atoms with E-state index in [1.165, 1.54) is 0 Å². The van der Waals surface area contributed by atoms with E-state index in [-0.39, 0.29) is 5.91 Å². The van der Waals surface area contributed by atoms with Gasteiger partial charge in [0.05, 0.1) is 23.9 Å². The van der Waals surface area contributed by atoms with Crippen molar-refractivity contribution >= 4 is 38.4 Å². The number of hydrogen-bond donors (Lipinski definition) is 1. The summed E-state index contributed by atoms with van der Waals surface area (Å²) >= 11 is 3.40. The second-order valence-electron chi connectivity index (χ2n) is 6.26. The van der Waals surface area contributed by atoms with Gasteiger partial charge >= 0.3 is 0 Å². The molecule has 5 heteroatoms. The summed E-state index contributed by atoms with van der Waals surface area (Å²) in [6.45, 7) is 0. The smallest absolute Gasteiger partial charge is 0.256 e. The fourth-order valence-electron chi connectivity index (χ4n) is 3.00. The summed E-state index contributed by atoms with van der Waals surface area (Å²) < 4.78 is 6.18. The zero-order chi connectivity index (χ0) is 19.5. The van der Waals surface area contributed by atoms with E-state index >= 15 is 0 Å². The first-order valence-corrected chi connectivity index (χ1v) is 9.54. The van der Waals surface area contributed by atoms with Crippen molar-refractivity contribution in [3.05, 3.63) is 88.9 Å². The van der Waals surface area contributed by atoms with E-state index in [0.717, 1.165) is 38.1 Å². The highest BCUT2D eigenvalue weighted by Gasteiger charge is 2.14. The molecular weight excluding hydrogens is 416 g/mol. The van der Waals surface area contributed by atoms with Crippen LogP contribution in [0.4, 0.5) is 5.69 Å². The molecule has 28 heavy (non-hydrogen) atoms. The van der Waals surface area contributed by atoms with Gasteiger partial charge in [-0.2, -0.15) is 0 Å². The van der Waals surface area contributed by atoms with Gasteiger partial charge in [0.2, 0.25) is 0 Å². The lowest BCUT2D eigenvalue weighted by atomic mass is 10.0. The molecule has 1 N–H and O–H groups in total. The number of ether oxygens (including phenoxy) is 1. The molecule has 0 saturated carbocycles. The van der Waals surface area contributed by atoms with Gasteiger partial charge in [-0.1, -0.05) is 34.1 Å². The number of amides is 1. The minimum absolute atomic E-state index is 0.171. The second-order valence-corrected chi connectivity index (χ2v) is 7.18. The van der Waals surface area contributed by atoms with E-state index in [1.54, 1.807) is 7.11 Å². The fraction of sp³-hybridized carbons (Fsp3) is 0.0435. The van der Waals surface area contributed by atoms with Crippen LogP contribution in [-0.4, -0.2) is 18.0 Å². The molecule has 1 amide bonds. The van der Waals surface area contributed by atoms with Crippen molar-refractivity contribution in [2.24, 2.45) is 0 Å². The predicted octanol–water partition coefficient (Wildman–Crippen LogP) is 5.93. The first-order valence-electron chi connectivity index (χ1n) is 8.75. The van der Waals surface area contributed by atoms with Crippen molar-refractivity contribution < 1.29 is 9.53 Å². The number of hydrogen-bond acceptors (Lipinski definition) is 3. The van der Waals surface area contributed by atoms with E-state index < -0.39 is 0 Å². The van der Waals surface area contributed by atoms with E-state index in [9.17, 15) is 4.79 Å². The molecule has 4 rings (SSSR count). The molecule has 0 aliphatic heterocycles. The molecule has 4 nitrogen and oxygen atoms in total. The Bertz CT molecular complexity index is 1140. The van der Waals surface area contributed by atoms with Crippen LogP contribution in [-0.2, 0) is 0 Å². The number of aromatic nitrogens is 1. The maximum absolute atomic E-state index is 13.0. The molecule has 138 valence electrons. The number of benzene rings is 3. The maximum atomic E-state index is 13.0. The van der Waals surface area contributed by atoms with E-state index in [1.807, 2.05) is 78.9 Å². The van der Waals surface area contributed by atoms with Gasteiger partial charge in [-0.05, 0) is 60.7 Å². The predicted molar refractivity (Wildman–Crippen MR) is 116 cm³/mol. The number of anilines is 1. The molecule has 0 unspecified atom stereocenters. The lowest BCUT2D eigenvalue weighted by Gasteiger charge is -2.11. The van der Waals surface area contributed by atoms with Gasteiger partial charge in [-0.15, -0.1) is 0 Å². The van der Waals surface area contributed by atoms with Crippen LogP contribution in [0.15, 0.2) is 83.3 Å². The summed E-state index contributed by atoms with van der Waals surface area (Å²) in [4.78, 5) is 17.8. The summed E-state index contributed by atoms with van der Waals surface area (Å²) in [7, 11) is 1.63. The molecule has 1 aromatic heterocycles. The van der Waals surface area contributed by atoms with E-state index in [0.29, 0.717) is 5.56 Å². The number of rotatable bonds is 4. The molecular formula is C23H17BrN2O2. The topological polar surface area (TPSA) is 51.2 Å². The quantitative estimate of drug-likeness (QED) is 0.434. The molecule has 0 aliphatic carbocycles. The monoisotopic (exact) mass is 432 g/mol. The van der Waals surface area contributed by atoms with Crippen molar-refractivity contribution in [1.82, 2.24) is 4.98 Å². The number of halogens is 1. The number of fused-ring (bicyclic) bond motifs is 1. The SMILES string of the molecule is COc1ccc(-c2cc(C(=O)Nc3ccc(Br)cc3)c3ccccc3n2)cc1. The van der Waals surface area contributed by atoms with Crippen molar-refractivity contribution in [3.8, 4) is 17.0 Å². The minimum atomic E-state index is -0.171. The van der Waals surface area contributed by atoms with Crippen LogP contribution in [0.5, 0.6) is 5.75 Å². The number of pyridine rings is 1. The Labute approximate surface area is 171 Å². The van der Waals surface area contributed by atoms with Crippen molar-refractivity contribution in [3.63, 3.8) is 0 Å². The Morgan fingerprint density at radius 3 is 2.39 bits per heavy atom. The normalized spacial score (nSPS) is 10.6. The Kier molecular flexibility index (Phi) is 5.08. The zero-order valence-corrected chi connectivity index (χ0v) is 16.7. The minimum Gasteiger partial charge on any atom is -0.497 e. The van der Waals surface area contributed by atoms with Crippen LogP contribution in [0, 0.1) is 0 Å². The second kappa shape index (κ2) is 7.82. The molecule has 0 aliphatic rings. The summed E-state index contributed by atoms with van der Waals surface area (Å²) in [5.41, 5.74) is 3.75. The maximum Gasteiger partial charge on any atom is 0.256 e. The third-order valence-corrected chi connectivity index (χ3v) is 4.98. The number of methoxy groups -OCH3 is 1. The van der Waals surface area contributed by atoms with Crippen LogP contribution < -0.4 is 10.1 Å². The summed E-state index contributed by atoms with van der Waals surface area (Å²) in [6, 6.07) is 24.6. The molecule has 4 aromatic rings. The van der Waals surface area contributed by atoms with Gasteiger partial charge in [-0.3, -0.25) is 4.79 Å². The van der Waals surface area contributed by atoms with Crippen LogP contribution in [0.1, 0.15) is 10.4 Å². The van der Waals surface area contributed by atoms with Crippen molar-refractivity contribution in [2.45, 2.75) is 0 Å². The van der Waals surface area contributed by atoms with Gasteiger partial charge < -0.3 is 10.1 Å². The lowest BCUT2D eigenvalue weighted by molar-refractivity contribution is 0.102. The van der Waals surface area contributed by atoms with Gasteiger partial charge in [0.25, 0.3) is 5.91 Å². The largest absolute Gasteiger partial charge is 0.497 e. The molecule has 0 fully saturated rings. The van der Waals surface area contributed by atoms with Gasteiger partial charge in [0.1, 0.15) is 5.75 Å². The molecule has 0 atom stereocenters. The average molecular weight is 433 g/mol. The molecule has 0 bridgehead atoms. The van der Waals surface area contributed by atoms with Crippen LogP contribution in [0.25, 0.3) is 22.2 Å². The highest BCUT2D eigenvalue weighted by molar-refractivity contribution is 9.10. The van der Waals surface area contributed by atoms with Crippen LogP contribution in [0.2, 0.25) is 0 Å². The summed E-state index contributed by atoms with van der Waals surface area (Å²) in [5, 5.41) is 3.78. The molecule has 1 heterocycles. The van der Waals surface area contributed by atoms with Crippen molar-refractivity contribution in [2.75, 3.05) is 12.4 Å². The number of para-hydroxylation sites is 1. The Balaban J connectivity index is 1.77. The van der Waals surface area contributed by atoms with Gasteiger partial charge in [0, 0.05) is 21.1 Å². The van der Waals surface area contributed by atoms with Gasteiger partial charge in [-0.25, -0.2) is 4.98 Å². The van der Waals surface area contributed by atoms with Gasteiger partial charge in [0.15, 0.2) is 0 Å². The van der Waals surface area contributed by atoms with Crippen LogP contribution >= 0.6 is 15.9 Å². The number of nitrogens with zero attached hydrogens (tertiary/aromatic N) is 1. The van der Waals surface area contributed by atoms with E-state index in [2.05, 4.69) is 21.2 Å². The highest BCUT2D eigenvalue weighted by atomic mass is 79.9. The third-order valence-electron chi connectivity index (χ3n) is 4.45. The first kappa shape index (κ1) is 18.2. The third kappa shape index (κ3) is 3.75. The lowest BCUT2D eigenvalue weighted by Crippen LogP contribution is -2.13. The fourth-order valence-corrected chi connectivity index (χ4v) is 3.27. The number of carbonyl (C=O) groups is 1. The van der Waals surface area contributed by atoms with Crippen molar-refractivity contribution in [1.29, 1.82) is 0 Å². The van der Waals surface area contributed by atoms with E-state index in [4.69, 9.17) is 9.72 Å². The number of nitrogens with one attached hydrogen (secondary N) is 1. The Hall–Kier alpha value is -3.18. The first-order chi connectivity index (χ1) is 13.6. The summed E-state index contributed by atoms with van der Waals surface area (Å²) in [6.07, 6.45) is 0. The molecule has 0 radical (unpaired) electrons. The highest BCUT2D eigenvalue weighted by Crippen LogP contribution is 2.27.